The van der Waals surface area contributed by atoms with Crippen molar-refractivity contribution in [3.05, 3.63) is 40.1 Å². The topological polar surface area (TPSA) is 76.6 Å². The fourth-order valence-corrected chi connectivity index (χ4v) is 3.43. The SMILES string of the molecule is Cc1nc(COc2cccnc2)sc1C(=O)NCCN1CCOCC1. The van der Waals surface area contributed by atoms with Gasteiger partial charge in [0.2, 0.25) is 0 Å². The van der Waals surface area contributed by atoms with Gasteiger partial charge in [0.1, 0.15) is 22.2 Å². The number of hydrogen-bond donors (Lipinski definition) is 1. The summed E-state index contributed by atoms with van der Waals surface area (Å²) in [6.45, 7) is 7.02. The predicted octanol–water partition coefficient (Wildman–Crippen LogP) is 1.49. The molecular formula is C17H22N4O3S. The Morgan fingerprint density at radius 2 is 2.28 bits per heavy atom. The van der Waals surface area contributed by atoms with E-state index in [4.69, 9.17) is 9.47 Å². The molecule has 1 aliphatic rings. The number of carbonyl (C=O) groups is 1. The zero-order valence-corrected chi connectivity index (χ0v) is 15.1. The largest absolute Gasteiger partial charge is 0.485 e. The molecule has 0 aliphatic carbocycles. The third kappa shape index (κ3) is 5.22. The van der Waals surface area contributed by atoms with Crippen LogP contribution < -0.4 is 10.1 Å². The van der Waals surface area contributed by atoms with Crippen LogP contribution in [-0.4, -0.2) is 60.2 Å². The second kappa shape index (κ2) is 8.89. The van der Waals surface area contributed by atoms with E-state index in [0.29, 0.717) is 23.8 Å². The van der Waals surface area contributed by atoms with E-state index < -0.39 is 0 Å². The van der Waals surface area contributed by atoms with Crippen LogP contribution in [0.5, 0.6) is 5.75 Å². The summed E-state index contributed by atoms with van der Waals surface area (Å²) in [6.07, 6.45) is 3.35. The molecule has 0 aromatic carbocycles. The van der Waals surface area contributed by atoms with Crippen LogP contribution in [0.1, 0.15) is 20.4 Å². The van der Waals surface area contributed by atoms with Gasteiger partial charge in [-0.2, -0.15) is 0 Å². The molecule has 1 N–H and O–H groups in total. The molecule has 1 saturated heterocycles. The van der Waals surface area contributed by atoms with Gasteiger partial charge in [0.15, 0.2) is 0 Å². The molecule has 0 bridgehead atoms. The van der Waals surface area contributed by atoms with Gasteiger partial charge in [-0.25, -0.2) is 4.98 Å². The third-order valence-corrected chi connectivity index (χ3v) is 4.99. The smallest absolute Gasteiger partial charge is 0.263 e. The maximum Gasteiger partial charge on any atom is 0.263 e. The Kier molecular flexibility index (Phi) is 6.32. The summed E-state index contributed by atoms with van der Waals surface area (Å²) >= 11 is 1.37. The second-order valence-electron chi connectivity index (χ2n) is 5.71. The lowest BCUT2D eigenvalue weighted by molar-refractivity contribution is 0.0383. The molecule has 7 nitrogen and oxygen atoms in total. The summed E-state index contributed by atoms with van der Waals surface area (Å²) in [5.74, 6) is 0.614. The molecule has 3 rings (SSSR count). The van der Waals surface area contributed by atoms with Gasteiger partial charge in [-0.15, -0.1) is 11.3 Å². The van der Waals surface area contributed by atoms with Crippen molar-refractivity contribution < 1.29 is 14.3 Å². The summed E-state index contributed by atoms with van der Waals surface area (Å²) < 4.78 is 11.0. The molecule has 134 valence electrons. The van der Waals surface area contributed by atoms with Crippen LogP contribution in [0, 0.1) is 6.92 Å². The van der Waals surface area contributed by atoms with Gasteiger partial charge in [0.05, 0.1) is 25.1 Å². The van der Waals surface area contributed by atoms with Gasteiger partial charge < -0.3 is 14.8 Å². The highest BCUT2D eigenvalue weighted by Crippen LogP contribution is 2.20. The molecule has 1 amide bonds. The van der Waals surface area contributed by atoms with Gasteiger partial charge in [-0.05, 0) is 19.1 Å². The molecular weight excluding hydrogens is 340 g/mol. The minimum Gasteiger partial charge on any atom is -0.485 e. The summed E-state index contributed by atoms with van der Waals surface area (Å²) in [7, 11) is 0. The normalized spacial score (nSPS) is 15.1. The van der Waals surface area contributed by atoms with Crippen molar-refractivity contribution >= 4 is 17.2 Å². The number of rotatable bonds is 7. The van der Waals surface area contributed by atoms with E-state index in [1.54, 1.807) is 12.4 Å². The van der Waals surface area contributed by atoms with Gasteiger partial charge in [0.25, 0.3) is 5.91 Å². The van der Waals surface area contributed by atoms with Crippen LogP contribution in [0.15, 0.2) is 24.5 Å². The molecule has 3 heterocycles. The number of hydrogen-bond acceptors (Lipinski definition) is 7. The average Bonchev–Trinajstić information content (AvgIpc) is 3.02. The quantitative estimate of drug-likeness (QED) is 0.804. The number of aromatic nitrogens is 2. The lowest BCUT2D eigenvalue weighted by Crippen LogP contribution is -2.41. The molecule has 8 heteroatoms. The number of pyridine rings is 1. The molecule has 0 saturated carbocycles. The van der Waals surface area contributed by atoms with Gasteiger partial charge in [0, 0.05) is 32.4 Å². The van der Waals surface area contributed by atoms with Crippen molar-refractivity contribution in [2.75, 3.05) is 39.4 Å². The van der Waals surface area contributed by atoms with Crippen molar-refractivity contribution in [1.29, 1.82) is 0 Å². The van der Waals surface area contributed by atoms with Crippen LogP contribution >= 0.6 is 11.3 Å². The lowest BCUT2D eigenvalue weighted by Gasteiger charge is -2.26. The standard InChI is InChI=1S/C17H22N4O3S/c1-13-16(17(22)19-5-6-21-7-9-23-10-8-21)25-15(20-13)12-24-14-3-2-4-18-11-14/h2-4,11H,5-10,12H2,1H3,(H,19,22). The van der Waals surface area contributed by atoms with E-state index in [1.807, 2.05) is 19.1 Å². The summed E-state index contributed by atoms with van der Waals surface area (Å²) in [4.78, 5) is 23.7. The predicted molar refractivity (Wildman–Crippen MR) is 95.0 cm³/mol. The Bertz CT molecular complexity index is 686. The number of ether oxygens (including phenoxy) is 2. The van der Waals surface area contributed by atoms with Crippen LogP contribution in [-0.2, 0) is 11.3 Å². The van der Waals surface area contributed by atoms with Crippen molar-refractivity contribution in [3.8, 4) is 5.75 Å². The van der Waals surface area contributed by atoms with E-state index in [1.165, 1.54) is 11.3 Å². The Morgan fingerprint density at radius 1 is 1.44 bits per heavy atom. The Balaban J connectivity index is 1.48. The first kappa shape index (κ1) is 17.8. The van der Waals surface area contributed by atoms with Crippen molar-refractivity contribution in [2.24, 2.45) is 0 Å². The molecule has 1 fully saturated rings. The monoisotopic (exact) mass is 362 g/mol. The number of thiazole rings is 1. The summed E-state index contributed by atoms with van der Waals surface area (Å²) in [6, 6.07) is 3.66. The van der Waals surface area contributed by atoms with Crippen molar-refractivity contribution in [1.82, 2.24) is 20.2 Å². The van der Waals surface area contributed by atoms with E-state index in [0.717, 1.165) is 43.5 Å². The molecule has 0 spiro atoms. The summed E-state index contributed by atoms with van der Waals surface area (Å²) in [5, 5.41) is 3.75. The number of nitrogens with one attached hydrogen (secondary N) is 1. The van der Waals surface area contributed by atoms with Gasteiger partial charge in [-0.3, -0.25) is 14.7 Å². The zero-order valence-electron chi connectivity index (χ0n) is 14.2. The first-order valence-corrected chi connectivity index (χ1v) is 9.11. The average molecular weight is 362 g/mol. The Labute approximate surface area is 151 Å². The van der Waals surface area contributed by atoms with E-state index in [-0.39, 0.29) is 5.91 Å². The second-order valence-corrected chi connectivity index (χ2v) is 6.79. The molecule has 0 unspecified atom stereocenters. The van der Waals surface area contributed by atoms with Gasteiger partial charge >= 0.3 is 0 Å². The molecule has 1 aliphatic heterocycles. The zero-order chi connectivity index (χ0) is 17.5. The number of nitrogens with zero attached hydrogens (tertiary/aromatic N) is 3. The fraction of sp³-hybridized carbons (Fsp3) is 0.471. The fourth-order valence-electron chi connectivity index (χ4n) is 2.53. The Hall–Kier alpha value is -2.03. The molecule has 25 heavy (non-hydrogen) atoms. The van der Waals surface area contributed by atoms with Crippen LogP contribution in [0.2, 0.25) is 0 Å². The molecule has 2 aromatic heterocycles. The number of carbonyl (C=O) groups excluding carboxylic acids is 1. The lowest BCUT2D eigenvalue weighted by atomic mass is 10.3. The molecule has 2 aromatic rings. The van der Waals surface area contributed by atoms with Crippen LogP contribution in [0.25, 0.3) is 0 Å². The third-order valence-electron chi connectivity index (χ3n) is 3.86. The minimum absolute atomic E-state index is 0.0733. The maximum absolute atomic E-state index is 12.4. The highest BCUT2D eigenvalue weighted by Gasteiger charge is 2.16. The molecule has 0 radical (unpaired) electrons. The van der Waals surface area contributed by atoms with Crippen LogP contribution in [0.3, 0.4) is 0 Å². The number of morpholine rings is 1. The highest BCUT2D eigenvalue weighted by molar-refractivity contribution is 7.13. The first-order chi connectivity index (χ1) is 12.2. The van der Waals surface area contributed by atoms with Crippen molar-refractivity contribution in [3.63, 3.8) is 0 Å². The maximum atomic E-state index is 12.4. The molecule has 0 atom stereocenters. The van der Waals surface area contributed by atoms with Gasteiger partial charge in [-0.1, -0.05) is 0 Å². The number of amides is 1. The Morgan fingerprint density at radius 3 is 3.04 bits per heavy atom. The summed E-state index contributed by atoms with van der Waals surface area (Å²) in [5.41, 5.74) is 0.735. The van der Waals surface area contributed by atoms with E-state index >= 15 is 0 Å². The van der Waals surface area contributed by atoms with Crippen molar-refractivity contribution in [2.45, 2.75) is 13.5 Å². The number of aryl methyl sites for hydroxylation is 1. The van der Waals surface area contributed by atoms with E-state index in [9.17, 15) is 4.79 Å². The van der Waals surface area contributed by atoms with E-state index in [2.05, 4.69) is 20.2 Å². The minimum atomic E-state index is -0.0733. The first-order valence-electron chi connectivity index (χ1n) is 8.30. The van der Waals surface area contributed by atoms with Crippen LogP contribution in [0.4, 0.5) is 0 Å². The highest BCUT2D eigenvalue weighted by atomic mass is 32.1.